The lowest BCUT2D eigenvalue weighted by Gasteiger charge is -2.34. The first kappa shape index (κ1) is 16.5. The number of ether oxygens (including phenoxy) is 1. The van der Waals surface area contributed by atoms with E-state index in [2.05, 4.69) is 25.8 Å². The fourth-order valence-electron chi connectivity index (χ4n) is 3.99. The summed E-state index contributed by atoms with van der Waals surface area (Å²) in [6, 6.07) is 2.17. The highest BCUT2D eigenvalue weighted by Crippen LogP contribution is 2.27. The molecule has 2 aliphatic heterocycles. The highest BCUT2D eigenvalue weighted by Gasteiger charge is 2.25. The first-order valence-electron chi connectivity index (χ1n) is 9.43. The molecule has 0 amide bonds. The molecule has 1 aromatic rings. The van der Waals surface area contributed by atoms with E-state index in [4.69, 9.17) is 4.74 Å². The SMILES string of the molecule is c1nc(N2CCSCC2)cc(N2CCC(OC3CCCC3)CC2)n1. The Kier molecular flexibility index (Phi) is 5.43. The Bertz CT molecular complexity index is 524. The van der Waals surface area contributed by atoms with Gasteiger partial charge in [-0.15, -0.1) is 0 Å². The van der Waals surface area contributed by atoms with Crippen LogP contribution in [0.5, 0.6) is 0 Å². The zero-order valence-electron chi connectivity index (χ0n) is 14.4. The van der Waals surface area contributed by atoms with Crippen LogP contribution in [0.15, 0.2) is 12.4 Å². The maximum absolute atomic E-state index is 6.29. The van der Waals surface area contributed by atoms with Crippen molar-refractivity contribution in [2.75, 3.05) is 47.5 Å². The van der Waals surface area contributed by atoms with Gasteiger partial charge in [0.05, 0.1) is 12.2 Å². The van der Waals surface area contributed by atoms with Crippen molar-refractivity contribution in [3.63, 3.8) is 0 Å². The molecule has 1 aromatic heterocycles. The van der Waals surface area contributed by atoms with Gasteiger partial charge >= 0.3 is 0 Å². The normalized spacial score (nSPS) is 23.8. The second kappa shape index (κ2) is 7.91. The molecule has 5 nitrogen and oxygen atoms in total. The van der Waals surface area contributed by atoms with Gasteiger partial charge in [-0.25, -0.2) is 9.97 Å². The summed E-state index contributed by atoms with van der Waals surface area (Å²) in [7, 11) is 0. The van der Waals surface area contributed by atoms with E-state index in [1.54, 1.807) is 6.33 Å². The molecule has 3 fully saturated rings. The highest BCUT2D eigenvalue weighted by atomic mass is 32.2. The van der Waals surface area contributed by atoms with Crippen LogP contribution in [0.2, 0.25) is 0 Å². The Hall–Kier alpha value is -1.01. The van der Waals surface area contributed by atoms with Crippen molar-refractivity contribution in [3.05, 3.63) is 12.4 Å². The van der Waals surface area contributed by atoms with Crippen LogP contribution >= 0.6 is 11.8 Å². The Balaban J connectivity index is 1.33. The van der Waals surface area contributed by atoms with Crippen molar-refractivity contribution in [3.8, 4) is 0 Å². The summed E-state index contributed by atoms with van der Waals surface area (Å²) in [5.41, 5.74) is 0. The molecule has 132 valence electrons. The van der Waals surface area contributed by atoms with E-state index < -0.39 is 0 Å². The predicted octanol–water partition coefficient (Wildman–Crippen LogP) is 2.96. The maximum atomic E-state index is 6.29. The van der Waals surface area contributed by atoms with Crippen molar-refractivity contribution in [2.24, 2.45) is 0 Å². The summed E-state index contributed by atoms with van der Waals surface area (Å²) < 4.78 is 6.29. The molecule has 0 unspecified atom stereocenters. The summed E-state index contributed by atoms with van der Waals surface area (Å²) in [5.74, 6) is 4.56. The third kappa shape index (κ3) is 3.97. The molecule has 3 aliphatic rings. The van der Waals surface area contributed by atoms with Crippen LogP contribution in [0.1, 0.15) is 38.5 Å². The van der Waals surface area contributed by atoms with Gasteiger partial charge in [0.25, 0.3) is 0 Å². The van der Waals surface area contributed by atoms with Gasteiger partial charge in [-0.05, 0) is 25.7 Å². The summed E-state index contributed by atoms with van der Waals surface area (Å²) in [6.07, 6.45) is 10.2. The lowest BCUT2D eigenvalue weighted by Crippen LogP contribution is -2.39. The molecular weight excluding hydrogens is 320 g/mol. The average molecular weight is 349 g/mol. The predicted molar refractivity (Wildman–Crippen MR) is 100 cm³/mol. The largest absolute Gasteiger partial charge is 0.375 e. The fraction of sp³-hybridized carbons (Fsp3) is 0.778. The molecule has 4 rings (SSSR count). The Morgan fingerprint density at radius 2 is 1.42 bits per heavy atom. The van der Waals surface area contributed by atoms with E-state index in [0.29, 0.717) is 12.2 Å². The van der Waals surface area contributed by atoms with Crippen LogP contribution in [0.3, 0.4) is 0 Å². The van der Waals surface area contributed by atoms with Crippen LogP contribution in [-0.2, 0) is 4.74 Å². The maximum Gasteiger partial charge on any atom is 0.134 e. The zero-order valence-corrected chi connectivity index (χ0v) is 15.2. The molecule has 0 bridgehead atoms. The van der Waals surface area contributed by atoms with Gasteiger partial charge in [0, 0.05) is 43.8 Å². The number of aromatic nitrogens is 2. The molecule has 0 aromatic carbocycles. The van der Waals surface area contributed by atoms with E-state index >= 15 is 0 Å². The van der Waals surface area contributed by atoms with Crippen molar-refractivity contribution in [1.82, 2.24) is 9.97 Å². The van der Waals surface area contributed by atoms with Crippen LogP contribution in [0.25, 0.3) is 0 Å². The molecule has 3 heterocycles. The Morgan fingerprint density at radius 3 is 2.08 bits per heavy atom. The standard InChI is InChI=1S/C18H28N4OS/c1-2-4-15(3-1)23-16-5-7-21(8-6-16)17-13-18(20-14-19-17)22-9-11-24-12-10-22/h13-16H,1-12H2. The second-order valence-electron chi connectivity index (χ2n) is 7.06. The summed E-state index contributed by atoms with van der Waals surface area (Å²) in [5, 5.41) is 0. The van der Waals surface area contributed by atoms with Gasteiger partial charge in [0.2, 0.25) is 0 Å². The molecule has 0 atom stereocenters. The van der Waals surface area contributed by atoms with Gasteiger partial charge in [-0.3, -0.25) is 0 Å². The molecule has 1 saturated carbocycles. The van der Waals surface area contributed by atoms with Crippen LogP contribution in [-0.4, -0.2) is 59.9 Å². The van der Waals surface area contributed by atoms with Gasteiger partial charge in [0.15, 0.2) is 0 Å². The highest BCUT2D eigenvalue weighted by molar-refractivity contribution is 7.99. The first-order chi connectivity index (χ1) is 11.9. The average Bonchev–Trinajstić information content (AvgIpc) is 3.16. The first-order valence-corrected chi connectivity index (χ1v) is 10.6. The number of nitrogens with zero attached hydrogens (tertiary/aromatic N) is 4. The topological polar surface area (TPSA) is 41.5 Å². The zero-order chi connectivity index (χ0) is 16.2. The lowest BCUT2D eigenvalue weighted by atomic mass is 10.1. The van der Waals surface area contributed by atoms with E-state index in [0.717, 1.165) is 50.7 Å². The monoisotopic (exact) mass is 348 g/mol. The van der Waals surface area contributed by atoms with Crippen molar-refractivity contribution >= 4 is 23.4 Å². The third-order valence-electron chi connectivity index (χ3n) is 5.43. The number of hydrogen-bond donors (Lipinski definition) is 0. The van der Waals surface area contributed by atoms with E-state index in [1.807, 2.05) is 11.8 Å². The minimum Gasteiger partial charge on any atom is -0.375 e. The molecule has 24 heavy (non-hydrogen) atoms. The molecular formula is C18H28N4OS. The smallest absolute Gasteiger partial charge is 0.134 e. The van der Waals surface area contributed by atoms with Crippen LogP contribution in [0.4, 0.5) is 11.6 Å². The molecule has 0 N–H and O–H groups in total. The molecule has 6 heteroatoms. The molecule has 2 saturated heterocycles. The quantitative estimate of drug-likeness (QED) is 0.833. The van der Waals surface area contributed by atoms with E-state index in [9.17, 15) is 0 Å². The van der Waals surface area contributed by atoms with E-state index in [1.165, 1.54) is 37.2 Å². The minimum absolute atomic E-state index is 0.449. The van der Waals surface area contributed by atoms with Gasteiger partial charge in [-0.2, -0.15) is 11.8 Å². The minimum atomic E-state index is 0.449. The number of piperidine rings is 1. The fourth-order valence-corrected chi connectivity index (χ4v) is 4.90. The molecule has 0 radical (unpaired) electrons. The van der Waals surface area contributed by atoms with Crippen molar-refractivity contribution in [1.29, 1.82) is 0 Å². The Morgan fingerprint density at radius 1 is 0.833 bits per heavy atom. The number of hydrogen-bond acceptors (Lipinski definition) is 6. The van der Waals surface area contributed by atoms with Gasteiger partial charge < -0.3 is 14.5 Å². The summed E-state index contributed by atoms with van der Waals surface area (Å²) in [4.78, 5) is 13.8. The third-order valence-corrected chi connectivity index (χ3v) is 6.37. The van der Waals surface area contributed by atoms with E-state index in [-0.39, 0.29) is 0 Å². The van der Waals surface area contributed by atoms with Crippen LogP contribution < -0.4 is 9.80 Å². The van der Waals surface area contributed by atoms with Crippen molar-refractivity contribution < 1.29 is 4.74 Å². The molecule has 0 spiro atoms. The Labute approximate surface area is 149 Å². The van der Waals surface area contributed by atoms with Gasteiger partial charge in [0.1, 0.15) is 18.0 Å². The van der Waals surface area contributed by atoms with Gasteiger partial charge in [-0.1, -0.05) is 12.8 Å². The van der Waals surface area contributed by atoms with Crippen LogP contribution in [0, 0.1) is 0 Å². The number of anilines is 2. The second-order valence-corrected chi connectivity index (χ2v) is 8.29. The summed E-state index contributed by atoms with van der Waals surface area (Å²) in [6.45, 7) is 4.28. The molecule has 1 aliphatic carbocycles. The number of rotatable bonds is 4. The number of thioether (sulfide) groups is 1. The summed E-state index contributed by atoms with van der Waals surface area (Å²) >= 11 is 2.03. The van der Waals surface area contributed by atoms with Crippen molar-refractivity contribution in [2.45, 2.75) is 50.7 Å². The lowest BCUT2D eigenvalue weighted by molar-refractivity contribution is -0.0195.